The van der Waals surface area contributed by atoms with E-state index in [0.29, 0.717) is 0 Å². The minimum Gasteiger partial charge on any atom is -0.480 e. The first-order chi connectivity index (χ1) is 8.95. The van der Waals surface area contributed by atoms with Crippen molar-refractivity contribution in [2.75, 3.05) is 19.0 Å². The summed E-state index contributed by atoms with van der Waals surface area (Å²) in [7, 11) is 1.29. The van der Waals surface area contributed by atoms with Crippen LogP contribution < -0.4 is 10.6 Å². The van der Waals surface area contributed by atoms with Gasteiger partial charge in [0.2, 0.25) is 0 Å². The molecular weight excluding hydrogens is 279 g/mol. The van der Waals surface area contributed by atoms with Gasteiger partial charge in [-0.15, -0.1) is 0 Å². The number of urea groups is 1. The first-order valence-corrected chi connectivity index (χ1v) is 5.56. The Bertz CT molecular complexity index is 464. The smallest absolute Gasteiger partial charge is 0.328 e. The van der Waals surface area contributed by atoms with E-state index in [2.05, 4.69) is 15.4 Å². The van der Waals surface area contributed by atoms with Crippen LogP contribution in [0.2, 0.25) is 5.02 Å². The summed E-state index contributed by atoms with van der Waals surface area (Å²) in [4.78, 5) is 22.3. The van der Waals surface area contributed by atoms with Crippen molar-refractivity contribution in [1.29, 1.82) is 0 Å². The van der Waals surface area contributed by atoms with E-state index in [-0.39, 0.29) is 17.3 Å². The van der Waals surface area contributed by atoms with E-state index < -0.39 is 23.9 Å². The number of carbonyl (C=O) groups is 2. The van der Waals surface area contributed by atoms with Crippen molar-refractivity contribution in [3.8, 4) is 0 Å². The molecule has 0 bridgehead atoms. The topological polar surface area (TPSA) is 87.7 Å². The number of carboxylic acid groups (broad SMARTS) is 1. The molecule has 104 valence electrons. The molecule has 19 heavy (non-hydrogen) atoms. The molecule has 1 aromatic carbocycles. The van der Waals surface area contributed by atoms with Crippen LogP contribution in [0.1, 0.15) is 0 Å². The number of carboxylic acids is 1. The van der Waals surface area contributed by atoms with Gasteiger partial charge in [0.05, 0.1) is 17.3 Å². The summed E-state index contributed by atoms with van der Waals surface area (Å²) in [5.41, 5.74) is -0.219. The number of hydrogen-bond donors (Lipinski definition) is 3. The molecule has 0 aliphatic heterocycles. The first kappa shape index (κ1) is 15.2. The number of ether oxygens (including phenoxy) is 1. The molecule has 0 saturated heterocycles. The highest BCUT2D eigenvalue weighted by molar-refractivity contribution is 6.33. The molecule has 1 aromatic rings. The quantitative estimate of drug-likeness (QED) is 0.770. The van der Waals surface area contributed by atoms with E-state index in [0.717, 1.165) is 6.07 Å². The maximum absolute atomic E-state index is 13.4. The van der Waals surface area contributed by atoms with E-state index >= 15 is 0 Å². The molecule has 8 heteroatoms. The molecule has 0 saturated carbocycles. The summed E-state index contributed by atoms with van der Waals surface area (Å²) in [5, 5.41) is 13.1. The van der Waals surface area contributed by atoms with Crippen LogP contribution in [-0.4, -0.2) is 36.9 Å². The first-order valence-electron chi connectivity index (χ1n) is 5.19. The molecule has 1 atom stereocenters. The number of anilines is 1. The second-order valence-electron chi connectivity index (χ2n) is 3.54. The van der Waals surface area contributed by atoms with Gasteiger partial charge < -0.3 is 20.5 Å². The average molecular weight is 291 g/mol. The van der Waals surface area contributed by atoms with Gasteiger partial charge in [0.25, 0.3) is 0 Å². The van der Waals surface area contributed by atoms with Gasteiger partial charge in [-0.3, -0.25) is 0 Å². The van der Waals surface area contributed by atoms with Crippen molar-refractivity contribution < 1.29 is 23.8 Å². The van der Waals surface area contributed by atoms with E-state index in [4.69, 9.17) is 16.7 Å². The Kier molecular flexibility index (Phi) is 5.53. The van der Waals surface area contributed by atoms with Gasteiger partial charge in [-0.2, -0.15) is 0 Å². The number of aliphatic carboxylic acids is 1. The maximum Gasteiger partial charge on any atom is 0.328 e. The fraction of sp³-hybridized carbons (Fsp3) is 0.273. The molecule has 0 aromatic heterocycles. The Morgan fingerprint density at radius 2 is 2.21 bits per heavy atom. The Labute approximate surface area is 113 Å². The highest BCUT2D eigenvalue weighted by atomic mass is 35.5. The number of para-hydroxylation sites is 1. The van der Waals surface area contributed by atoms with Gasteiger partial charge in [-0.05, 0) is 12.1 Å². The Balaban J connectivity index is 2.72. The zero-order chi connectivity index (χ0) is 14.4. The lowest BCUT2D eigenvalue weighted by Crippen LogP contribution is -2.45. The van der Waals surface area contributed by atoms with Crippen molar-refractivity contribution in [1.82, 2.24) is 5.32 Å². The third kappa shape index (κ3) is 4.38. The van der Waals surface area contributed by atoms with Gasteiger partial charge in [0, 0.05) is 7.11 Å². The van der Waals surface area contributed by atoms with Gasteiger partial charge >= 0.3 is 12.0 Å². The Hall–Kier alpha value is -1.86. The highest BCUT2D eigenvalue weighted by Gasteiger charge is 2.20. The highest BCUT2D eigenvalue weighted by Crippen LogP contribution is 2.24. The Morgan fingerprint density at radius 1 is 1.53 bits per heavy atom. The number of benzene rings is 1. The maximum atomic E-state index is 13.4. The summed E-state index contributed by atoms with van der Waals surface area (Å²) in [6.45, 7) is -0.215. The van der Waals surface area contributed by atoms with Crippen LogP contribution in [0.25, 0.3) is 0 Å². The van der Waals surface area contributed by atoms with Crippen molar-refractivity contribution in [3.63, 3.8) is 0 Å². The van der Waals surface area contributed by atoms with Crippen LogP contribution in [0.4, 0.5) is 14.9 Å². The van der Waals surface area contributed by atoms with Gasteiger partial charge in [-0.1, -0.05) is 17.7 Å². The lowest BCUT2D eigenvalue weighted by Gasteiger charge is -2.15. The molecule has 1 unspecified atom stereocenters. The fourth-order valence-corrected chi connectivity index (χ4v) is 1.48. The number of carbonyl (C=O) groups excluding carboxylic acids is 1. The van der Waals surface area contributed by atoms with E-state index in [1.165, 1.54) is 19.2 Å². The van der Waals surface area contributed by atoms with Gasteiger partial charge in [0.15, 0.2) is 6.04 Å². The summed E-state index contributed by atoms with van der Waals surface area (Å²) < 4.78 is 18.0. The zero-order valence-electron chi connectivity index (χ0n) is 9.94. The number of nitrogens with one attached hydrogen (secondary N) is 2. The van der Waals surface area contributed by atoms with Crippen LogP contribution in [0.3, 0.4) is 0 Å². The molecular formula is C11H12ClFN2O4. The molecule has 2 amide bonds. The molecule has 0 aliphatic carbocycles. The molecule has 0 spiro atoms. The summed E-state index contributed by atoms with van der Waals surface area (Å²) in [6, 6.07) is 1.76. The number of methoxy groups -OCH3 is 1. The summed E-state index contributed by atoms with van der Waals surface area (Å²) in [5.74, 6) is -1.99. The lowest BCUT2D eigenvalue weighted by atomic mass is 10.3. The normalized spacial score (nSPS) is 11.7. The number of rotatable bonds is 5. The third-order valence-corrected chi connectivity index (χ3v) is 2.45. The van der Waals surface area contributed by atoms with Crippen molar-refractivity contribution >= 4 is 29.3 Å². The predicted octanol–water partition coefficient (Wildman–Crippen LogP) is 1.70. The molecule has 6 nitrogen and oxygen atoms in total. The molecule has 0 heterocycles. The van der Waals surface area contributed by atoms with Crippen LogP contribution >= 0.6 is 11.6 Å². The molecule has 0 radical (unpaired) electrons. The van der Waals surface area contributed by atoms with E-state index in [1.807, 2.05) is 0 Å². The molecule has 0 fully saturated rings. The van der Waals surface area contributed by atoms with Crippen molar-refractivity contribution in [2.24, 2.45) is 0 Å². The van der Waals surface area contributed by atoms with Crippen LogP contribution in [0.15, 0.2) is 18.2 Å². The number of halogens is 2. The summed E-state index contributed by atoms with van der Waals surface area (Å²) >= 11 is 5.71. The van der Waals surface area contributed by atoms with E-state index in [9.17, 15) is 14.0 Å². The lowest BCUT2D eigenvalue weighted by molar-refractivity contribution is -0.140. The van der Waals surface area contributed by atoms with E-state index in [1.54, 1.807) is 0 Å². The number of hydrogen-bond acceptors (Lipinski definition) is 3. The standard InChI is InChI=1S/C11H12ClFN2O4/c1-19-5-8(10(16)17)14-11(18)15-9-6(12)3-2-4-7(9)13/h2-4,8H,5H2,1H3,(H,16,17)(H2,14,15,18). The zero-order valence-corrected chi connectivity index (χ0v) is 10.7. The SMILES string of the molecule is COCC(NC(=O)Nc1c(F)cccc1Cl)C(=O)O. The van der Waals surface area contributed by atoms with Crippen molar-refractivity contribution in [2.45, 2.75) is 6.04 Å². The second-order valence-corrected chi connectivity index (χ2v) is 3.95. The summed E-state index contributed by atoms with van der Waals surface area (Å²) in [6.07, 6.45) is 0. The van der Waals surface area contributed by atoms with Gasteiger partial charge in [0.1, 0.15) is 5.82 Å². The molecule has 3 N–H and O–H groups in total. The predicted molar refractivity (Wildman–Crippen MR) is 66.9 cm³/mol. The fourth-order valence-electron chi connectivity index (χ4n) is 1.27. The second kappa shape index (κ2) is 6.91. The number of amides is 2. The third-order valence-electron chi connectivity index (χ3n) is 2.14. The molecule has 1 rings (SSSR count). The van der Waals surface area contributed by atoms with Crippen LogP contribution in [0.5, 0.6) is 0 Å². The minimum atomic E-state index is -1.27. The minimum absolute atomic E-state index is 0.00812. The molecule has 0 aliphatic rings. The Morgan fingerprint density at radius 3 is 2.74 bits per heavy atom. The monoisotopic (exact) mass is 290 g/mol. The average Bonchev–Trinajstić information content (AvgIpc) is 2.33. The largest absolute Gasteiger partial charge is 0.480 e. The van der Waals surface area contributed by atoms with Crippen molar-refractivity contribution in [3.05, 3.63) is 29.0 Å². The van der Waals surface area contributed by atoms with Crippen LogP contribution in [0, 0.1) is 5.82 Å². The van der Waals surface area contributed by atoms with Crippen LogP contribution in [-0.2, 0) is 9.53 Å². The van der Waals surface area contributed by atoms with Gasteiger partial charge in [-0.25, -0.2) is 14.0 Å².